The molecule has 3 N–H and O–H groups in total. The number of rotatable bonds is 3. The van der Waals surface area contributed by atoms with E-state index in [2.05, 4.69) is 17.2 Å². The van der Waals surface area contributed by atoms with Crippen LogP contribution in [0.15, 0.2) is 18.3 Å². The minimum atomic E-state index is 0.431. The smallest absolute Gasteiger partial charge is 0.126 e. The van der Waals surface area contributed by atoms with E-state index in [4.69, 9.17) is 10.5 Å². The third-order valence-corrected chi connectivity index (χ3v) is 3.13. The van der Waals surface area contributed by atoms with Crippen molar-refractivity contribution >= 4 is 11.5 Å². The third-order valence-electron chi connectivity index (χ3n) is 3.13. The second-order valence-corrected chi connectivity index (χ2v) is 4.36. The van der Waals surface area contributed by atoms with Crippen LogP contribution in [0.25, 0.3) is 0 Å². The zero-order valence-electron chi connectivity index (χ0n) is 9.65. The Bertz CT molecular complexity index is 320. The molecule has 1 unspecified atom stereocenters. The number of nitrogens with one attached hydrogen (secondary N) is 1. The molecule has 1 saturated heterocycles. The zero-order valence-corrected chi connectivity index (χ0v) is 9.65. The maximum atomic E-state index is 5.59. The molecule has 2 rings (SSSR count). The first-order valence-electron chi connectivity index (χ1n) is 5.81. The number of anilines is 2. The average Bonchev–Trinajstić information content (AvgIpc) is 2.33. The lowest BCUT2D eigenvalue weighted by Crippen LogP contribution is -2.31. The van der Waals surface area contributed by atoms with Gasteiger partial charge in [-0.3, -0.25) is 0 Å². The molecule has 16 heavy (non-hydrogen) atoms. The van der Waals surface area contributed by atoms with Crippen molar-refractivity contribution in [1.82, 2.24) is 4.98 Å². The molecule has 0 bridgehead atoms. The summed E-state index contributed by atoms with van der Waals surface area (Å²) in [6.45, 7) is 3.96. The highest BCUT2D eigenvalue weighted by Gasteiger charge is 2.20. The molecular formula is C12H19N3O. The summed E-state index contributed by atoms with van der Waals surface area (Å²) in [5.74, 6) is 1.57. The van der Waals surface area contributed by atoms with Crippen molar-refractivity contribution in [3.8, 4) is 0 Å². The summed E-state index contributed by atoms with van der Waals surface area (Å²) in [5, 5.41) is 3.42. The number of nitrogens with two attached hydrogens (primary N) is 1. The normalized spacial score (nSPS) is 19.3. The van der Waals surface area contributed by atoms with Gasteiger partial charge >= 0.3 is 0 Å². The summed E-state index contributed by atoms with van der Waals surface area (Å²) in [6, 6.07) is 4.22. The number of aromatic nitrogens is 1. The Balaban J connectivity index is 1.90. The third kappa shape index (κ3) is 2.85. The second-order valence-electron chi connectivity index (χ2n) is 4.36. The van der Waals surface area contributed by atoms with Crippen LogP contribution < -0.4 is 11.1 Å². The SMILES string of the molecule is CC(Nc1ccc(N)cn1)C1CCOCC1. The lowest BCUT2D eigenvalue weighted by Gasteiger charge is -2.28. The molecule has 2 heterocycles. The van der Waals surface area contributed by atoms with Gasteiger partial charge in [0, 0.05) is 19.3 Å². The highest BCUT2D eigenvalue weighted by Crippen LogP contribution is 2.21. The van der Waals surface area contributed by atoms with Gasteiger partial charge in [-0.2, -0.15) is 0 Å². The van der Waals surface area contributed by atoms with Crippen molar-refractivity contribution < 1.29 is 4.74 Å². The summed E-state index contributed by atoms with van der Waals surface area (Å²) in [6.07, 6.45) is 3.94. The summed E-state index contributed by atoms with van der Waals surface area (Å²) >= 11 is 0. The number of pyridine rings is 1. The minimum absolute atomic E-state index is 0.431. The van der Waals surface area contributed by atoms with Crippen LogP contribution in [0.3, 0.4) is 0 Å². The van der Waals surface area contributed by atoms with E-state index in [1.807, 2.05) is 12.1 Å². The molecular weight excluding hydrogens is 202 g/mol. The first kappa shape index (κ1) is 11.2. The summed E-state index contributed by atoms with van der Waals surface area (Å²) in [4.78, 5) is 4.25. The Morgan fingerprint density at radius 1 is 1.44 bits per heavy atom. The van der Waals surface area contributed by atoms with Crippen LogP contribution in [0, 0.1) is 5.92 Å². The van der Waals surface area contributed by atoms with E-state index in [0.717, 1.165) is 31.9 Å². The molecule has 1 aromatic heterocycles. The van der Waals surface area contributed by atoms with Crippen molar-refractivity contribution in [2.75, 3.05) is 24.3 Å². The first-order valence-corrected chi connectivity index (χ1v) is 5.81. The van der Waals surface area contributed by atoms with Crippen LogP contribution in [0.2, 0.25) is 0 Å². The van der Waals surface area contributed by atoms with Gasteiger partial charge < -0.3 is 15.8 Å². The number of hydrogen-bond donors (Lipinski definition) is 2. The molecule has 1 aromatic rings. The van der Waals surface area contributed by atoms with Crippen LogP contribution in [0.4, 0.5) is 11.5 Å². The van der Waals surface area contributed by atoms with E-state index < -0.39 is 0 Å². The number of nitrogens with zero attached hydrogens (tertiary/aromatic N) is 1. The highest BCUT2D eigenvalue weighted by atomic mass is 16.5. The van der Waals surface area contributed by atoms with E-state index in [1.165, 1.54) is 0 Å². The fraction of sp³-hybridized carbons (Fsp3) is 0.583. The topological polar surface area (TPSA) is 60.2 Å². The van der Waals surface area contributed by atoms with Gasteiger partial charge in [0.2, 0.25) is 0 Å². The first-order chi connectivity index (χ1) is 7.75. The molecule has 88 valence electrons. The van der Waals surface area contributed by atoms with Crippen molar-refractivity contribution in [1.29, 1.82) is 0 Å². The molecule has 1 fully saturated rings. The molecule has 1 aliphatic rings. The minimum Gasteiger partial charge on any atom is -0.397 e. The highest BCUT2D eigenvalue weighted by molar-refractivity contribution is 5.44. The van der Waals surface area contributed by atoms with Gasteiger partial charge in [-0.15, -0.1) is 0 Å². The largest absolute Gasteiger partial charge is 0.397 e. The molecule has 1 aliphatic heterocycles. The van der Waals surface area contributed by atoms with Gasteiger partial charge in [0.25, 0.3) is 0 Å². The number of hydrogen-bond acceptors (Lipinski definition) is 4. The van der Waals surface area contributed by atoms with Crippen LogP contribution in [0.1, 0.15) is 19.8 Å². The molecule has 0 spiro atoms. The monoisotopic (exact) mass is 221 g/mol. The molecule has 0 saturated carbocycles. The fourth-order valence-corrected chi connectivity index (χ4v) is 2.06. The lowest BCUT2D eigenvalue weighted by molar-refractivity contribution is 0.0622. The Morgan fingerprint density at radius 3 is 2.81 bits per heavy atom. The van der Waals surface area contributed by atoms with E-state index in [0.29, 0.717) is 17.6 Å². The summed E-state index contributed by atoms with van der Waals surface area (Å²) in [5.41, 5.74) is 6.29. The second kappa shape index (κ2) is 5.16. The van der Waals surface area contributed by atoms with Gasteiger partial charge in [0.15, 0.2) is 0 Å². The molecule has 0 radical (unpaired) electrons. The Morgan fingerprint density at radius 2 is 2.19 bits per heavy atom. The van der Waals surface area contributed by atoms with E-state index in [9.17, 15) is 0 Å². The van der Waals surface area contributed by atoms with Gasteiger partial charge in [0.05, 0.1) is 11.9 Å². The quantitative estimate of drug-likeness (QED) is 0.818. The average molecular weight is 221 g/mol. The molecule has 0 amide bonds. The molecule has 4 nitrogen and oxygen atoms in total. The Hall–Kier alpha value is -1.29. The van der Waals surface area contributed by atoms with Crippen molar-refractivity contribution in [3.05, 3.63) is 18.3 Å². The Labute approximate surface area is 96.2 Å². The van der Waals surface area contributed by atoms with Gasteiger partial charge in [-0.1, -0.05) is 0 Å². The fourth-order valence-electron chi connectivity index (χ4n) is 2.06. The summed E-state index contributed by atoms with van der Waals surface area (Å²) in [7, 11) is 0. The van der Waals surface area contributed by atoms with Crippen molar-refractivity contribution in [3.63, 3.8) is 0 Å². The predicted octanol–water partition coefficient (Wildman–Crippen LogP) is 1.89. The van der Waals surface area contributed by atoms with Gasteiger partial charge in [-0.05, 0) is 37.8 Å². The van der Waals surface area contributed by atoms with E-state index in [1.54, 1.807) is 6.20 Å². The summed E-state index contributed by atoms with van der Waals surface area (Å²) < 4.78 is 5.36. The zero-order chi connectivity index (χ0) is 11.4. The maximum Gasteiger partial charge on any atom is 0.126 e. The van der Waals surface area contributed by atoms with E-state index >= 15 is 0 Å². The Kier molecular flexibility index (Phi) is 3.62. The molecule has 1 atom stereocenters. The van der Waals surface area contributed by atoms with Gasteiger partial charge in [0.1, 0.15) is 5.82 Å². The maximum absolute atomic E-state index is 5.59. The van der Waals surface area contributed by atoms with Crippen molar-refractivity contribution in [2.24, 2.45) is 5.92 Å². The van der Waals surface area contributed by atoms with Crippen LogP contribution >= 0.6 is 0 Å². The number of nitrogen functional groups attached to an aromatic ring is 1. The predicted molar refractivity (Wildman–Crippen MR) is 65.3 cm³/mol. The van der Waals surface area contributed by atoms with Crippen LogP contribution in [-0.4, -0.2) is 24.2 Å². The van der Waals surface area contributed by atoms with Gasteiger partial charge in [-0.25, -0.2) is 4.98 Å². The van der Waals surface area contributed by atoms with Crippen molar-refractivity contribution in [2.45, 2.75) is 25.8 Å². The number of ether oxygens (including phenoxy) is 1. The molecule has 0 aromatic carbocycles. The molecule has 4 heteroatoms. The lowest BCUT2D eigenvalue weighted by atomic mass is 9.93. The van der Waals surface area contributed by atoms with Crippen LogP contribution in [-0.2, 0) is 4.74 Å². The van der Waals surface area contributed by atoms with Crippen LogP contribution in [0.5, 0.6) is 0 Å². The van der Waals surface area contributed by atoms with E-state index in [-0.39, 0.29) is 0 Å². The standard InChI is InChI=1S/C12H19N3O/c1-9(10-4-6-16-7-5-10)15-12-3-2-11(13)8-14-12/h2-3,8-10H,4-7,13H2,1H3,(H,14,15). The molecule has 0 aliphatic carbocycles.